The number of thiophene rings is 1. The first-order valence-corrected chi connectivity index (χ1v) is 8.19. The number of urea groups is 1. The van der Waals surface area contributed by atoms with Gasteiger partial charge in [0, 0.05) is 6.54 Å². The molecule has 0 bridgehead atoms. The van der Waals surface area contributed by atoms with Gasteiger partial charge < -0.3 is 15.0 Å². The second kappa shape index (κ2) is 8.05. The number of amides is 2. The first kappa shape index (κ1) is 18.1. The van der Waals surface area contributed by atoms with Crippen LogP contribution in [-0.2, 0) is 6.54 Å². The molecule has 4 nitrogen and oxygen atoms in total. The van der Waals surface area contributed by atoms with E-state index < -0.39 is 18.8 Å². The van der Waals surface area contributed by atoms with Gasteiger partial charge in [-0.05, 0) is 41.4 Å². The van der Waals surface area contributed by atoms with Crippen LogP contribution in [0.1, 0.15) is 12.5 Å². The predicted octanol–water partition coefficient (Wildman–Crippen LogP) is 4.74. The number of alkyl halides is 3. The Bertz CT molecular complexity index is 660. The summed E-state index contributed by atoms with van der Waals surface area (Å²) >= 11 is 1.36. The average molecular weight is 358 g/mol. The number of hydrogen-bond acceptors (Lipinski definition) is 3. The van der Waals surface area contributed by atoms with E-state index in [0.29, 0.717) is 23.6 Å². The largest absolute Gasteiger partial charge is 0.492 e. The smallest absolute Gasteiger partial charge is 0.406 e. The van der Waals surface area contributed by atoms with Gasteiger partial charge in [-0.2, -0.15) is 24.5 Å². The molecule has 0 unspecified atom stereocenters. The molecule has 1 aromatic carbocycles. The number of carbonyl (C=O) groups excluding carboxylic acids is 1. The molecule has 0 aliphatic carbocycles. The van der Waals surface area contributed by atoms with E-state index in [4.69, 9.17) is 4.74 Å². The molecule has 0 aliphatic rings. The molecule has 2 amide bonds. The minimum atomic E-state index is -4.48. The van der Waals surface area contributed by atoms with E-state index in [1.807, 2.05) is 0 Å². The summed E-state index contributed by atoms with van der Waals surface area (Å²) in [6.07, 6.45) is -4.48. The number of rotatable bonds is 6. The molecule has 0 saturated carbocycles. The number of nitrogens with zero attached hydrogens (tertiary/aromatic N) is 1. The molecule has 0 spiro atoms. The molecule has 8 heteroatoms. The van der Waals surface area contributed by atoms with Gasteiger partial charge in [-0.25, -0.2) is 4.79 Å². The third-order valence-corrected chi connectivity index (χ3v) is 3.77. The van der Waals surface area contributed by atoms with Gasteiger partial charge in [0.1, 0.15) is 12.3 Å². The Labute approximate surface area is 141 Å². The number of para-hydroxylation sites is 2. The normalized spacial score (nSPS) is 11.2. The van der Waals surface area contributed by atoms with Gasteiger partial charge >= 0.3 is 12.2 Å². The van der Waals surface area contributed by atoms with Crippen molar-refractivity contribution in [1.29, 1.82) is 0 Å². The average Bonchev–Trinajstić information content (AvgIpc) is 3.00. The Kier molecular flexibility index (Phi) is 6.08. The lowest BCUT2D eigenvalue weighted by Crippen LogP contribution is -2.41. The summed E-state index contributed by atoms with van der Waals surface area (Å²) in [5, 5.41) is 5.96. The van der Waals surface area contributed by atoms with Crippen LogP contribution in [0.3, 0.4) is 0 Å². The second-order valence-corrected chi connectivity index (χ2v) is 5.74. The van der Waals surface area contributed by atoms with Crippen molar-refractivity contribution in [1.82, 2.24) is 4.90 Å². The summed E-state index contributed by atoms with van der Waals surface area (Å²) in [7, 11) is 0. The molecule has 0 aliphatic heterocycles. The second-order valence-electron chi connectivity index (χ2n) is 4.96. The first-order valence-electron chi connectivity index (χ1n) is 7.24. The van der Waals surface area contributed by atoms with Crippen molar-refractivity contribution in [3.05, 3.63) is 46.7 Å². The summed E-state index contributed by atoms with van der Waals surface area (Å²) in [5.41, 5.74) is 0.985. The SMILES string of the molecule is CCOc1ccccc1NC(=O)N(Cc1ccsc1)CC(F)(F)F. The van der Waals surface area contributed by atoms with Crippen LogP contribution in [0.4, 0.5) is 23.7 Å². The molecule has 1 heterocycles. The van der Waals surface area contributed by atoms with Crippen LogP contribution in [0.25, 0.3) is 0 Å². The minimum absolute atomic E-state index is 0.119. The first-order chi connectivity index (χ1) is 11.4. The summed E-state index contributed by atoms with van der Waals surface area (Å²) in [6, 6.07) is 7.48. The quantitative estimate of drug-likeness (QED) is 0.810. The number of carbonyl (C=O) groups is 1. The fourth-order valence-electron chi connectivity index (χ4n) is 2.06. The summed E-state index contributed by atoms with van der Waals surface area (Å²) in [4.78, 5) is 13.1. The fraction of sp³-hybridized carbons (Fsp3) is 0.312. The highest BCUT2D eigenvalue weighted by atomic mass is 32.1. The predicted molar refractivity (Wildman–Crippen MR) is 87.4 cm³/mol. The molecule has 130 valence electrons. The Morgan fingerprint density at radius 1 is 1.29 bits per heavy atom. The minimum Gasteiger partial charge on any atom is -0.492 e. The highest BCUT2D eigenvalue weighted by Gasteiger charge is 2.33. The van der Waals surface area contributed by atoms with E-state index in [9.17, 15) is 18.0 Å². The topological polar surface area (TPSA) is 41.6 Å². The van der Waals surface area contributed by atoms with Crippen LogP contribution >= 0.6 is 11.3 Å². The van der Waals surface area contributed by atoms with Gasteiger partial charge in [0.25, 0.3) is 0 Å². The van der Waals surface area contributed by atoms with Crippen LogP contribution in [-0.4, -0.2) is 30.3 Å². The summed E-state index contributed by atoms with van der Waals surface area (Å²) in [5.74, 6) is 0.413. The van der Waals surface area contributed by atoms with Crippen molar-refractivity contribution in [2.24, 2.45) is 0 Å². The van der Waals surface area contributed by atoms with Crippen LogP contribution in [0.2, 0.25) is 0 Å². The molecule has 1 N–H and O–H groups in total. The van der Waals surface area contributed by atoms with Crippen molar-refractivity contribution >= 4 is 23.1 Å². The molecular formula is C16H17F3N2O2S. The van der Waals surface area contributed by atoms with Gasteiger partial charge in [0.05, 0.1) is 12.3 Å². The summed E-state index contributed by atoms with van der Waals surface area (Å²) < 4.78 is 43.7. The van der Waals surface area contributed by atoms with Crippen molar-refractivity contribution in [3.8, 4) is 5.75 Å². The van der Waals surface area contributed by atoms with E-state index in [1.165, 1.54) is 11.3 Å². The molecule has 2 rings (SSSR count). The number of nitrogens with one attached hydrogen (secondary N) is 1. The summed E-state index contributed by atoms with van der Waals surface area (Å²) in [6.45, 7) is 0.719. The van der Waals surface area contributed by atoms with Crippen molar-refractivity contribution in [3.63, 3.8) is 0 Å². The number of anilines is 1. The van der Waals surface area contributed by atoms with Gasteiger partial charge in [-0.1, -0.05) is 12.1 Å². The number of halogens is 3. The molecule has 1 aromatic heterocycles. The van der Waals surface area contributed by atoms with E-state index in [2.05, 4.69) is 5.32 Å². The molecule has 0 saturated heterocycles. The Morgan fingerprint density at radius 2 is 2.04 bits per heavy atom. The van der Waals surface area contributed by atoms with E-state index >= 15 is 0 Å². The van der Waals surface area contributed by atoms with Gasteiger partial charge in [-0.15, -0.1) is 0 Å². The lowest BCUT2D eigenvalue weighted by molar-refractivity contribution is -0.140. The van der Waals surface area contributed by atoms with Crippen molar-refractivity contribution < 1.29 is 22.7 Å². The van der Waals surface area contributed by atoms with Crippen LogP contribution in [0, 0.1) is 0 Å². The maximum atomic E-state index is 12.8. The fourth-order valence-corrected chi connectivity index (χ4v) is 2.72. The molecular weight excluding hydrogens is 341 g/mol. The zero-order chi connectivity index (χ0) is 17.6. The highest BCUT2D eigenvalue weighted by molar-refractivity contribution is 7.07. The molecule has 0 atom stereocenters. The van der Waals surface area contributed by atoms with Gasteiger partial charge in [-0.3, -0.25) is 0 Å². The maximum absolute atomic E-state index is 12.8. The van der Waals surface area contributed by atoms with Crippen LogP contribution < -0.4 is 10.1 Å². The highest BCUT2D eigenvalue weighted by Crippen LogP contribution is 2.25. The molecule has 0 fully saturated rings. The van der Waals surface area contributed by atoms with Crippen molar-refractivity contribution in [2.45, 2.75) is 19.6 Å². The lowest BCUT2D eigenvalue weighted by atomic mass is 10.3. The van der Waals surface area contributed by atoms with Gasteiger partial charge in [0.15, 0.2) is 0 Å². The van der Waals surface area contributed by atoms with E-state index in [0.717, 1.165) is 4.90 Å². The monoisotopic (exact) mass is 358 g/mol. The Hall–Kier alpha value is -2.22. The molecule has 24 heavy (non-hydrogen) atoms. The third kappa shape index (κ3) is 5.45. The van der Waals surface area contributed by atoms with Gasteiger partial charge in [0.2, 0.25) is 0 Å². The zero-order valence-electron chi connectivity index (χ0n) is 13.0. The third-order valence-electron chi connectivity index (χ3n) is 3.04. The molecule has 2 aromatic rings. The lowest BCUT2D eigenvalue weighted by Gasteiger charge is -2.24. The Balaban J connectivity index is 2.15. The van der Waals surface area contributed by atoms with E-state index in [-0.39, 0.29) is 6.54 Å². The Morgan fingerprint density at radius 3 is 2.67 bits per heavy atom. The van der Waals surface area contributed by atoms with E-state index in [1.54, 1.807) is 48.0 Å². The molecule has 0 radical (unpaired) electrons. The number of hydrogen-bond donors (Lipinski definition) is 1. The number of benzene rings is 1. The maximum Gasteiger partial charge on any atom is 0.406 e. The van der Waals surface area contributed by atoms with Crippen molar-refractivity contribution in [2.75, 3.05) is 18.5 Å². The standard InChI is InChI=1S/C16H17F3N2O2S/c1-2-23-14-6-4-3-5-13(14)20-15(22)21(11-16(17,18)19)9-12-7-8-24-10-12/h3-8,10H,2,9,11H2,1H3,(H,20,22). The zero-order valence-corrected chi connectivity index (χ0v) is 13.8. The number of ether oxygens (including phenoxy) is 1. The van der Waals surface area contributed by atoms with Crippen LogP contribution in [0.5, 0.6) is 5.75 Å². The van der Waals surface area contributed by atoms with Crippen LogP contribution in [0.15, 0.2) is 41.1 Å².